The topological polar surface area (TPSA) is 278 Å². The van der Waals surface area contributed by atoms with Gasteiger partial charge in [0.25, 0.3) is 0 Å². The highest BCUT2D eigenvalue weighted by Crippen LogP contribution is 1.90. The lowest BCUT2D eigenvalue weighted by atomic mass is 10.3. The quantitative estimate of drug-likeness (QED) is 0.208. The van der Waals surface area contributed by atoms with Crippen molar-refractivity contribution < 1.29 is 0 Å². The van der Waals surface area contributed by atoms with Crippen LogP contribution in [0.25, 0.3) is 0 Å². The lowest BCUT2D eigenvalue weighted by Gasteiger charge is -1.82. The Balaban J connectivity index is 0.000000367. The fourth-order valence-corrected chi connectivity index (χ4v) is 3.34. The molecule has 0 atom stereocenters. The fraction of sp³-hybridized carbons (Fsp3) is 0.238. The average molecular weight is 897 g/mol. The molecular weight excluding hydrogens is 841 g/mol. The zero-order valence-corrected chi connectivity index (χ0v) is 38.7. The van der Waals surface area contributed by atoms with Gasteiger partial charge in [-0.25, -0.2) is 19.6 Å². The van der Waals surface area contributed by atoms with Crippen molar-refractivity contribution in [3.05, 3.63) is 194 Å². The summed E-state index contributed by atoms with van der Waals surface area (Å²) in [5.74, 6) is 0.822. The van der Waals surface area contributed by atoms with Gasteiger partial charge in [0.2, 0.25) is 0 Å². The smallest absolute Gasteiger partial charge is 0.137 e. The molecule has 0 aromatic carbocycles. The molecule has 344 valence electrons. The van der Waals surface area contributed by atoms with Crippen molar-refractivity contribution in [1.82, 2.24) is 121 Å². The van der Waals surface area contributed by atoms with Gasteiger partial charge in [-0.2, -0.15) is 25.5 Å². The summed E-state index contributed by atoms with van der Waals surface area (Å²) in [6, 6.07) is 21.2. The van der Waals surface area contributed by atoms with Crippen LogP contribution in [-0.4, -0.2) is 121 Å². The zero-order valence-electron chi connectivity index (χ0n) is 38.7. The molecule has 0 saturated carbocycles. The van der Waals surface area contributed by atoms with Crippen LogP contribution in [0.4, 0.5) is 0 Å². The van der Waals surface area contributed by atoms with Crippen LogP contribution in [0.1, 0.15) is 33.9 Å². The van der Waals surface area contributed by atoms with Crippen LogP contribution < -0.4 is 0 Å². The van der Waals surface area contributed by atoms with E-state index in [1.807, 2.05) is 122 Å². The summed E-state index contributed by atoms with van der Waals surface area (Å²) in [5.41, 5.74) is 5.65. The first-order valence-corrected chi connectivity index (χ1v) is 19.6. The number of hydrogen-bond acceptors (Lipinski definition) is 20. The van der Waals surface area contributed by atoms with E-state index in [1.54, 1.807) is 104 Å². The van der Waals surface area contributed by atoms with Crippen LogP contribution in [-0.2, 0) is 28.2 Å². The fourth-order valence-electron chi connectivity index (χ4n) is 3.34. The number of rotatable bonds is 0. The molecule has 0 aliphatic heterocycles. The van der Waals surface area contributed by atoms with Crippen LogP contribution in [0.5, 0.6) is 0 Å². The third-order valence-electron chi connectivity index (χ3n) is 6.51. The molecule has 0 bridgehead atoms. The summed E-state index contributed by atoms with van der Waals surface area (Å²) in [5, 5.41) is 48.7. The molecular formula is C42H56N24. The van der Waals surface area contributed by atoms with Gasteiger partial charge in [-0.15, -0.1) is 15.0 Å². The predicted octanol–water partition coefficient (Wildman–Crippen LogP) is 3.97. The summed E-state index contributed by atoms with van der Waals surface area (Å²) in [4.78, 5) is 24.4. The maximum absolute atomic E-state index is 3.98. The van der Waals surface area contributed by atoms with E-state index in [-0.39, 0.29) is 0 Å². The number of hydrogen-bond donors (Lipinski definition) is 0. The Morgan fingerprint density at radius 3 is 1.32 bits per heavy atom. The highest BCUT2D eigenvalue weighted by Gasteiger charge is 1.79. The minimum Gasteiger partial charge on any atom is -0.265 e. The van der Waals surface area contributed by atoms with E-state index >= 15 is 0 Å². The standard InChI is InChI=1S/3C6H7N.3C5H6N2.2C3H5N3.C2H4N4.CH3N5/c1-6-2-4-7-5-3-6;1-6-3-2-4-7-5-6;1-6-4-2-3-5-7-6;1-5-2-3-6-7-4-5;1-5-6-3-2-4-7-5;1-5-3-2-4-6-7-5;1-6-3-4-2-5-6;1-6-3-2-4-5-6;1-6-2-3-4-5-6;1-6-4-2-3-5-6/h3*2-5H,1H3;3*2-4H,1H3;2*2-3H,1H3;2H,1H3;1H3. The molecule has 0 amide bonds. The molecule has 10 aromatic heterocycles. The molecule has 24 heteroatoms. The van der Waals surface area contributed by atoms with Gasteiger partial charge in [0.1, 0.15) is 24.8 Å². The monoisotopic (exact) mass is 897 g/mol. The molecule has 10 heterocycles. The van der Waals surface area contributed by atoms with E-state index < -0.39 is 0 Å². The van der Waals surface area contributed by atoms with E-state index in [9.17, 15) is 0 Å². The number of pyridine rings is 3. The van der Waals surface area contributed by atoms with E-state index in [1.165, 1.54) is 33.3 Å². The van der Waals surface area contributed by atoms with Crippen molar-refractivity contribution in [1.29, 1.82) is 0 Å². The van der Waals surface area contributed by atoms with Crippen molar-refractivity contribution >= 4 is 0 Å². The van der Waals surface area contributed by atoms with Gasteiger partial charge in [0.15, 0.2) is 0 Å². The maximum Gasteiger partial charge on any atom is 0.137 e. The predicted molar refractivity (Wildman–Crippen MR) is 245 cm³/mol. The van der Waals surface area contributed by atoms with E-state index in [0.29, 0.717) is 0 Å². The lowest BCUT2D eigenvalue weighted by molar-refractivity contribution is 0.622. The van der Waals surface area contributed by atoms with Gasteiger partial charge >= 0.3 is 0 Å². The van der Waals surface area contributed by atoms with Crippen molar-refractivity contribution in [2.24, 2.45) is 28.2 Å². The van der Waals surface area contributed by atoms with Gasteiger partial charge in [-0.05, 0) is 144 Å². The number of nitrogens with zero attached hydrogens (tertiary/aromatic N) is 24. The van der Waals surface area contributed by atoms with Crippen molar-refractivity contribution in [3.8, 4) is 0 Å². The highest BCUT2D eigenvalue weighted by molar-refractivity contribution is 5.06. The minimum atomic E-state index is 0.822. The molecule has 0 unspecified atom stereocenters. The molecule has 10 rings (SSSR count). The molecule has 24 nitrogen and oxygen atoms in total. The molecule has 66 heavy (non-hydrogen) atoms. The summed E-state index contributed by atoms with van der Waals surface area (Å²) in [6.07, 6.45) is 25.6. The first kappa shape index (κ1) is 55.1. The maximum atomic E-state index is 3.98. The molecule has 0 aliphatic rings. The van der Waals surface area contributed by atoms with Crippen LogP contribution in [0.15, 0.2) is 160 Å². The van der Waals surface area contributed by atoms with Crippen LogP contribution >= 0.6 is 0 Å². The van der Waals surface area contributed by atoms with Crippen molar-refractivity contribution in [2.75, 3.05) is 0 Å². The second kappa shape index (κ2) is 37.8. The lowest BCUT2D eigenvalue weighted by Crippen LogP contribution is -1.91. The Labute approximate surface area is 383 Å². The molecule has 0 aliphatic carbocycles. The first-order chi connectivity index (χ1) is 31.9. The number of aryl methyl sites for hydroxylation is 10. The molecule has 0 radical (unpaired) electrons. The van der Waals surface area contributed by atoms with Gasteiger partial charge in [0.05, 0.1) is 25.1 Å². The summed E-state index contributed by atoms with van der Waals surface area (Å²) < 4.78 is 4.81. The average Bonchev–Trinajstić information content (AvgIpc) is 4.20. The third-order valence-corrected chi connectivity index (χ3v) is 6.51. The van der Waals surface area contributed by atoms with Gasteiger partial charge in [0, 0.05) is 88.8 Å². The molecule has 0 N–H and O–H groups in total. The second-order valence-corrected chi connectivity index (χ2v) is 12.6. The Morgan fingerprint density at radius 1 is 0.394 bits per heavy atom. The Morgan fingerprint density at radius 2 is 1.08 bits per heavy atom. The van der Waals surface area contributed by atoms with Gasteiger partial charge in [-0.3, -0.25) is 24.3 Å². The van der Waals surface area contributed by atoms with Crippen molar-refractivity contribution in [2.45, 2.75) is 41.5 Å². The van der Waals surface area contributed by atoms with Crippen LogP contribution in [0.3, 0.4) is 0 Å². The van der Waals surface area contributed by atoms with Gasteiger partial charge < -0.3 is 0 Å². The molecule has 10 aromatic rings. The van der Waals surface area contributed by atoms with E-state index in [2.05, 4.69) is 102 Å². The van der Waals surface area contributed by atoms with Crippen LogP contribution in [0, 0.1) is 41.5 Å². The van der Waals surface area contributed by atoms with Crippen molar-refractivity contribution in [3.63, 3.8) is 0 Å². The molecule has 0 spiro atoms. The second-order valence-electron chi connectivity index (χ2n) is 12.6. The van der Waals surface area contributed by atoms with Crippen LogP contribution in [0.2, 0.25) is 0 Å². The number of aromatic nitrogens is 24. The van der Waals surface area contributed by atoms with Gasteiger partial charge in [-0.1, -0.05) is 17.3 Å². The largest absolute Gasteiger partial charge is 0.265 e. The molecule has 0 saturated heterocycles. The third kappa shape index (κ3) is 35.8. The highest BCUT2D eigenvalue weighted by atomic mass is 15.7. The summed E-state index contributed by atoms with van der Waals surface area (Å²) >= 11 is 0. The Hall–Kier alpha value is -8.96. The number of tetrazole rings is 1. The SMILES string of the molecule is Cc1ccccn1.Cc1cccnc1.Cc1cccnn1.Cc1ccncc1.Cc1ccnnc1.Cc1ncccn1.Cn1ccnn1.Cn1cncn1.Cn1cnnn1.Cn1nnnn1. The zero-order chi connectivity index (χ0) is 48.3. The molecule has 0 fully saturated rings. The summed E-state index contributed by atoms with van der Waals surface area (Å²) in [6.45, 7) is 11.8. The van der Waals surface area contributed by atoms with E-state index in [0.717, 1.165) is 22.8 Å². The van der Waals surface area contributed by atoms with E-state index in [4.69, 9.17) is 0 Å². The first-order valence-electron chi connectivity index (χ1n) is 19.6. The minimum absolute atomic E-state index is 0.822. The Bertz CT molecular complexity index is 2010. The normalized spacial score (nSPS) is 8.76. The Kier molecular flexibility index (Phi) is 31.5. The summed E-state index contributed by atoms with van der Waals surface area (Å²) in [7, 11) is 7.07.